The Kier molecular flexibility index (Phi) is 4.59. The zero-order valence-corrected chi connectivity index (χ0v) is 11.8. The first-order chi connectivity index (χ1) is 9.09. The molecule has 0 saturated carbocycles. The van der Waals surface area contributed by atoms with Crippen molar-refractivity contribution in [3.05, 3.63) is 35.4 Å². The second-order valence-corrected chi connectivity index (χ2v) is 5.64. The van der Waals surface area contributed by atoms with Gasteiger partial charge in [-0.05, 0) is 37.4 Å². The minimum Gasteiger partial charge on any atom is -0.481 e. The van der Waals surface area contributed by atoms with Crippen molar-refractivity contribution in [2.75, 3.05) is 13.6 Å². The van der Waals surface area contributed by atoms with E-state index in [4.69, 9.17) is 5.11 Å². The van der Waals surface area contributed by atoms with Crippen LogP contribution in [-0.2, 0) is 11.2 Å². The number of rotatable bonds is 4. The van der Waals surface area contributed by atoms with Crippen LogP contribution in [0.1, 0.15) is 43.4 Å². The molecule has 1 aromatic rings. The summed E-state index contributed by atoms with van der Waals surface area (Å²) in [6.45, 7) is 2.38. The molecule has 0 amide bonds. The Morgan fingerprint density at radius 3 is 2.89 bits per heavy atom. The molecule has 19 heavy (non-hydrogen) atoms. The molecule has 3 nitrogen and oxygen atoms in total. The van der Waals surface area contributed by atoms with E-state index in [0.717, 1.165) is 12.8 Å². The van der Waals surface area contributed by atoms with Crippen LogP contribution in [-0.4, -0.2) is 29.6 Å². The molecular formula is C16H23NO2. The number of benzene rings is 1. The zero-order valence-electron chi connectivity index (χ0n) is 11.8. The van der Waals surface area contributed by atoms with E-state index in [1.54, 1.807) is 6.92 Å². The SMILES string of the molecule is CC(CN(C)C1CCCCc2ccccc21)C(=O)O. The Morgan fingerprint density at radius 1 is 1.42 bits per heavy atom. The molecule has 2 rings (SSSR count). The molecule has 1 aromatic carbocycles. The van der Waals surface area contributed by atoms with Crippen LogP contribution in [0, 0.1) is 5.92 Å². The minimum atomic E-state index is -0.714. The average Bonchev–Trinajstić information content (AvgIpc) is 2.60. The summed E-state index contributed by atoms with van der Waals surface area (Å²) < 4.78 is 0. The van der Waals surface area contributed by atoms with Crippen LogP contribution in [0.3, 0.4) is 0 Å². The maximum absolute atomic E-state index is 11.0. The van der Waals surface area contributed by atoms with Gasteiger partial charge < -0.3 is 5.11 Å². The normalized spacial score (nSPS) is 20.7. The lowest BCUT2D eigenvalue weighted by Crippen LogP contribution is -2.32. The van der Waals surface area contributed by atoms with Gasteiger partial charge in [0.25, 0.3) is 0 Å². The largest absolute Gasteiger partial charge is 0.481 e. The van der Waals surface area contributed by atoms with Gasteiger partial charge >= 0.3 is 5.97 Å². The summed E-state index contributed by atoms with van der Waals surface area (Å²) in [5.41, 5.74) is 2.82. The molecule has 1 N–H and O–H groups in total. The fourth-order valence-corrected chi connectivity index (χ4v) is 2.99. The molecule has 2 unspecified atom stereocenters. The Balaban J connectivity index is 2.17. The maximum Gasteiger partial charge on any atom is 0.307 e. The van der Waals surface area contributed by atoms with Crippen LogP contribution in [0.2, 0.25) is 0 Å². The van der Waals surface area contributed by atoms with E-state index in [0.29, 0.717) is 12.6 Å². The number of aryl methyl sites for hydroxylation is 1. The predicted molar refractivity (Wildman–Crippen MR) is 76.2 cm³/mol. The molecule has 2 atom stereocenters. The van der Waals surface area contributed by atoms with Crippen molar-refractivity contribution in [2.24, 2.45) is 5.92 Å². The van der Waals surface area contributed by atoms with Gasteiger partial charge in [-0.25, -0.2) is 0 Å². The van der Waals surface area contributed by atoms with Crippen molar-refractivity contribution in [1.29, 1.82) is 0 Å². The molecule has 0 radical (unpaired) electrons. The van der Waals surface area contributed by atoms with Crippen molar-refractivity contribution in [3.8, 4) is 0 Å². The molecule has 0 saturated heterocycles. The quantitative estimate of drug-likeness (QED) is 0.847. The number of hydrogen-bond donors (Lipinski definition) is 1. The second kappa shape index (κ2) is 6.20. The fourth-order valence-electron chi connectivity index (χ4n) is 2.99. The van der Waals surface area contributed by atoms with E-state index in [9.17, 15) is 4.79 Å². The number of hydrogen-bond acceptors (Lipinski definition) is 2. The van der Waals surface area contributed by atoms with Gasteiger partial charge in [0.2, 0.25) is 0 Å². The lowest BCUT2D eigenvalue weighted by Gasteiger charge is -2.30. The minimum absolute atomic E-state index is 0.319. The van der Waals surface area contributed by atoms with Crippen LogP contribution >= 0.6 is 0 Å². The molecule has 3 heteroatoms. The third-order valence-corrected chi connectivity index (χ3v) is 4.10. The van der Waals surface area contributed by atoms with Crippen molar-refractivity contribution in [2.45, 2.75) is 38.6 Å². The van der Waals surface area contributed by atoms with Gasteiger partial charge in [-0.3, -0.25) is 9.69 Å². The number of carboxylic acid groups (broad SMARTS) is 1. The summed E-state index contributed by atoms with van der Waals surface area (Å²) in [6.07, 6.45) is 4.72. The van der Waals surface area contributed by atoms with Crippen LogP contribution in [0.25, 0.3) is 0 Å². The molecule has 0 heterocycles. The van der Waals surface area contributed by atoms with Crippen molar-refractivity contribution in [3.63, 3.8) is 0 Å². The molecule has 0 spiro atoms. The fraction of sp³-hybridized carbons (Fsp3) is 0.562. The smallest absolute Gasteiger partial charge is 0.307 e. The number of nitrogens with zero attached hydrogens (tertiary/aromatic N) is 1. The highest BCUT2D eigenvalue weighted by molar-refractivity contribution is 5.69. The summed E-state index contributed by atoms with van der Waals surface area (Å²) in [5, 5.41) is 9.05. The molecular weight excluding hydrogens is 238 g/mol. The van der Waals surface area contributed by atoms with E-state index in [1.165, 1.54) is 24.0 Å². The number of carbonyl (C=O) groups is 1. The summed E-state index contributed by atoms with van der Waals surface area (Å²) >= 11 is 0. The highest BCUT2D eigenvalue weighted by Crippen LogP contribution is 2.32. The van der Waals surface area contributed by atoms with E-state index >= 15 is 0 Å². The Bertz CT molecular complexity index is 444. The summed E-state index contributed by atoms with van der Waals surface area (Å²) in [5.74, 6) is -1.03. The monoisotopic (exact) mass is 261 g/mol. The Morgan fingerprint density at radius 2 is 2.16 bits per heavy atom. The highest BCUT2D eigenvalue weighted by Gasteiger charge is 2.24. The third kappa shape index (κ3) is 3.35. The molecule has 0 fully saturated rings. The van der Waals surface area contributed by atoms with Crippen LogP contribution < -0.4 is 0 Å². The van der Waals surface area contributed by atoms with Gasteiger partial charge in [0.05, 0.1) is 5.92 Å². The molecule has 0 bridgehead atoms. The molecule has 0 aromatic heterocycles. The van der Waals surface area contributed by atoms with Gasteiger partial charge in [0.15, 0.2) is 0 Å². The third-order valence-electron chi connectivity index (χ3n) is 4.10. The number of aliphatic carboxylic acids is 1. The average molecular weight is 261 g/mol. The predicted octanol–water partition coefficient (Wildman–Crippen LogP) is 3.11. The Hall–Kier alpha value is -1.35. The van der Waals surface area contributed by atoms with E-state index in [-0.39, 0.29) is 5.92 Å². The van der Waals surface area contributed by atoms with E-state index < -0.39 is 5.97 Å². The molecule has 1 aliphatic carbocycles. The van der Waals surface area contributed by atoms with Crippen molar-refractivity contribution in [1.82, 2.24) is 4.90 Å². The first-order valence-corrected chi connectivity index (χ1v) is 7.10. The molecule has 104 valence electrons. The van der Waals surface area contributed by atoms with Crippen LogP contribution in [0.5, 0.6) is 0 Å². The van der Waals surface area contributed by atoms with Gasteiger partial charge in [-0.15, -0.1) is 0 Å². The van der Waals surface area contributed by atoms with Gasteiger partial charge in [-0.2, -0.15) is 0 Å². The molecule has 0 aliphatic heterocycles. The highest BCUT2D eigenvalue weighted by atomic mass is 16.4. The lowest BCUT2D eigenvalue weighted by molar-refractivity contribution is -0.141. The maximum atomic E-state index is 11.0. The van der Waals surface area contributed by atoms with E-state index in [2.05, 4.69) is 29.2 Å². The summed E-state index contributed by atoms with van der Waals surface area (Å²) in [6, 6.07) is 8.96. The second-order valence-electron chi connectivity index (χ2n) is 5.64. The zero-order chi connectivity index (χ0) is 13.8. The number of carboxylic acids is 1. The van der Waals surface area contributed by atoms with Crippen molar-refractivity contribution >= 4 is 5.97 Å². The van der Waals surface area contributed by atoms with Crippen molar-refractivity contribution < 1.29 is 9.90 Å². The topological polar surface area (TPSA) is 40.5 Å². The van der Waals surface area contributed by atoms with Crippen LogP contribution in [0.15, 0.2) is 24.3 Å². The standard InChI is InChI=1S/C16H23NO2/c1-12(16(18)19)11-17(2)15-10-6-4-8-13-7-3-5-9-14(13)15/h3,5,7,9,12,15H,4,6,8,10-11H2,1-2H3,(H,18,19). The van der Waals surface area contributed by atoms with Gasteiger partial charge in [0.1, 0.15) is 0 Å². The first-order valence-electron chi connectivity index (χ1n) is 7.10. The Labute approximate surface area is 115 Å². The molecule has 1 aliphatic rings. The summed E-state index contributed by atoms with van der Waals surface area (Å²) in [7, 11) is 2.05. The van der Waals surface area contributed by atoms with Crippen LogP contribution in [0.4, 0.5) is 0 Å². The lowest BCUT2D eigenvalue weighted by atomic mass is 9.97. The first kappa shape index (κ1) is 14.1. The summed E-state index contributed by atoms with van der Waals surface area (Å²) in [4.78, 5) is 13.2. The van der Waals surface area contributed by atoms with E-state index in [1.807, 2.05) is 7.05 Å². The number of fused-ring (bicyclic) bond motifs is 1. The van der Waals surface area contributed by atoms with Gasteiger partial charge in [-0.1, -0.05) is 37.6 Å². The van der Waals surface area contributed by atoms with Gasteiger partial charge in [0, 0.05) is 12.6 Å².